The van der Waals surface area contributed by atoms with Gasteiger partial charge in [-0.1, -0.05) is 19.9 Å². The molecule has 4 nitrogen and oxygen atoms in total. The quantitative estimate of drug-likeness (QED) is 0.706. The first kappa shape index (κ1) is 20.7. The van der Waals surface area contributed by atoms with Gasteiger partial charge in [0.25, 0.3) is 0 Å². The fraction of sp³-hybridized carbons (Fsp3) is 0.750. The molecular formula is C8H19IO4S2. The minimum atomic E-state index is -2.90. The number of halogens is 1. The molecule has 94 valence electrons. The first-order valence-electron chi connectivity index (χ1n) is 4.12. The van der Waals surface area contributed by atoms with Crippen molar-refractivity contribution in [2.24, 2.45) is 0 Å². The van der Waals surface area contributed by atoms with E-state index in [1.54, 1.807) is 0 Å². The molecule has 0 amide bonds. The van der Waals surface area contributed by atoms with Crippen molar-refractivity contribution in [2.45, 2.75) is 19.8 Å². The van der Waals surface area contributed by atoms with E-state index in [0.717, 1.165) is 24.5 Å². The Hall–Kier alpha value is 0.370. The molecule has 0 heterocycles. The minimum absolute atomic E-state index is 0. The summed E-state index contributed by atoms with van der Waals surface area (Å²) in [6.07, 6.45) is 4.11. The van der Waals surface area contributed by atoms with Gasteiger partial charge in [-0.3, -0.25) is 0 Å². The average molecular weight is 370 g/mol. The number of hydrogen-bond acceptors (Lipinski definition) is 4. The molecule has 0 bridgehead atoms. The third-order valence-electron chi connectivity index (χ3n) is 1.17. The summed E-state index contributed by atoms with van der Waals surface area (Å²) in [7, 11) is -5.58. The zero-order chi connectivity index (χ0) is 11.8. The van der Waals surface area contributed by atoms with Crippen molar-refractivity contribution in [1.82, 2.24) is 0 Å². The summed E-state index contributed by atoms with van der Waals surface area (Å²) >= 11 is 0. The third-order valence-corrected chi connectivity index (χ3v) is 2.81. The molecule has 0 N–H and O–H groups in total. The first-order chi connectivity index (χ1) is 6.12. The van der Waals surface area contributed by atoms with E-state index in [1.807, 2.05) is 6.92 Å². The lowest BCUT2D eigenvalue weighted by molar-refractivity contribution is 0.598. The van der Waals surface area contributed by atoms with Crippen LogP contribution in [0.2, 0.25) is 0 Å². The second kappa shape index (κ2) is 9.59. The van der Waals surface area contributed by atoms with Crippen LogP contribution in [-0.4, -0.2) is 35.1 Å². The zero-order valence-electron chi connectivity index (χ0n) is 9.26. The molecule has 0 aromatic carbocycles. The van der Waals surface area contributed by atoms with Crippen molar-refractivity contribution in [3.05, 3.63) is 12.0 Å². The van der Waals surface area contributed by atoms with Gasteiger partial charge in [0.15, 0.2) is 9.84 Å². The van der Waals surface area contributed by atoms with Crippen LogP contribution in [-0.2, 0) is 19.7 Å². The molecule has 0 aromatic heterocycles. The van der Waals surface area contributed by atoms with Crippen molar-refractivity contribution in [1.29, 1.82) is 0 Å². The van der Waals surface area contributed by atoms with Gasteiger partial charge in [0.05, 0.1) is 0 Å². The molecule has 0 saturated carbocycles. The highest BCUT2D eigenvalue weighted by atomic mass is 127. The molecular weight excluding hydrogens is 351 g/mol. The highest BCUT2D eigenvalue weighted by molar-refractivity contribution is 14.0. The molecule has 0 aliphatic heterocycles. The molecule has 0 spiro atoms. The smallest absolute Gasteiger partial charge is 0.168 e. The van der Waals surface area contributed by atoms with Crippen LogP contribution in [0, 0.1) is 0 Å². The fourth-order valence-electron chi connectivity index (χ4n) is 0.407. The summed E-state index contributed by atoms with van der Waals surface area (Å²) in [4.78, 5) is 0. The topological polar surface area (TPSA) is 68.3 Å². The normalized spacial score (nSPS) is 10.6. The highest BCUT2D eigenvalue weighted by Crippen LogP contribution is 1.91. The minimum Gasteiger partial charge on any atom is -0.229 e. The van der Waals surface area contributed by atoms with E-state index in [2.05, 4.69) is 6.58 Å². The van der Waals surface area contributed by atoms with Gasteiger partial charge in [-0.25, -0.2) is 16.8 Å². The van der Waals surface area contributed by atoms with Gasteiger partial charge in [-0.2, -0.15) is 0 Å². The molecule has 0 aromatic rings. The van der Waals surface area contributed by atoms with Gasteiger partial charge in [0.1, 0.15) is 9.84 Å². The van der Waals surface area contributed by atoms with Gasteiger partial charge in [0, 0.05) is 23.7 Å². The molecule has 0 aliphatic carbocycles. The summed E-state index contributed by atoms with van der Waals surface area (Å²) < 4.78 is 40.5. The maximum atomic E-state index is 10.4. The number of rotatable bonds is 4. The van der Waals surface area contributed by atoms with Crippen molar-refractivity contribution in [3.63, 3.8) is 0 Å². The highest BCUT2D eigenvalue weighted by Gasteiger charge is 1.97. The molecule has 0 radical (unpaired) electrons. The van der Waals surface area contributed by atoms with Crippen LogP contribution in [0.1, 0.15) is 19.8 Å². The summed E-state index contributed by atoms with van der Waals surface area (Å²) in [5, 5.41) is 0.910. The maximum Gasteiger partial charge on any atom is 0.168 e. The summed E-state index contributed by atoms with van der Waals surface area (Å²) in [5.74, 6) is 0.337. The van der Waals surface area contributed by atoms with Crippen LogP contribution in [0.3, 0.4) is 0 Å². The van der Waals surface area contributed by atoms with Gasteiger partial charge in [0.2, 0.25) is 0 Å². The van der Waals surface area contributed by atoms with Crippen molar-refractivity contribution in [3.8, 4) is 0 Å². The Labute approximate surface area is 110 Å². The van der Waals surface area contributed by atoms with E-state index < -0.39 is 19.7 Å². The Balaban J connectivity index is -0.000000187. The van der Waals surface area contributed by atoms with Gasteiger partial charge in [-0.05, 0) is 6.42 Å². The van der Waals surface area contributed by atoms with Crippen molar-refractivity contribution >= 4 is 43.7 Å². The lowest BCUT2D eigenvalue weighted by atomic mass is 10.4. The number of hydrogen-bond donors (Lipinski definition) is 0. The molecule has 0 unspecified atom stereocenters. The fourth-order valence-corrected chi connectivity index (χ4v) is 1.22. The predicted molar refractivity (Wildman–Crippen MR) is 75.1 cm³/mol. The third kappa shape index (κ3) is 31.4. The zero-order valence-corrected chi connectivity index (χ0v) is 13.2. The molecule has 0 aliphatic rings. The van der Waals surface area contributed by atoms with Crippen molar-refractivity contribution in [2.75, 3.05) is 18.3 Å². The molecule has 0 rings (SSSR count). The lowest BCUT2D eigenvalue weighted by Crippen LogP contribution is -2.01. The van der Waals surface area contributed by atoms with Crippen LogP contribution >= 0.6 is 24.0 Å². The van der Waals surface area contributed by atoms with Crippen molar-refractivity contribution < 1.29 is 16.8 Å². The Morgan fingerprint density at radius 3 is 1.53 bits per heavy atom. The van der Waals surface area contributed by atoms with Crippen LogP contribution in [0.5, 0.6) is 0 Å². The molecule has 15 heavy (non-hydrogen) atoms. The SMILES string of the molecule is C=CS(C)(=O)=O.CCCCS(C)(=O)=O.I. The van der Waals surface area contributed by atoms with E-state index >= 15 is 0 Å². The lowest BCUT2D eigenvalue weighted by Gasteiger charge is -1.91. The predicted octanol–water partition coefficient (Wildman–Crippen LogP) is 1.62. The summed E-state index contributed by atoms with van der Waals surface area (Å²) in [6.45, 7) is 5.02. The maximum absolute atomic E-state index is 10.4. The standard InChI is InChI=1S/C5H12O2S.C3H6O2S.HI/c1-3-4-5-8(2,6)7;1-3-6(2,4)5;/h3-5H2,1-2H3;3H,1H2,2H3;1H. The second-order valence-corrected chi connectivity index (χ2v) is 7.23. The Bertz CT molecular complexity index is 331. The molecule has 0 atom stereocenters. The number of unbranched alkanes of at least 4 members (excludes halogenated alkanes) is 1. The van der Waals surface area contributed by atoms with E-state index in [-0.39, 0.29) is 24.0 Å². The first-order valence-corrected chi connectivity index (χ1v) is 8.14. The Morgan fingerprint density at radius 2 is 1.47 bits per heavy atom. The summed E-state index contributed by atoms with van der Waals surface area (Å²) in [5.41, 5.74) is 0. The van der Waals surface area contributed by atoms with Gasteiger partial charge in [-0.15, -0.1) is 24.0 Å². The Morgan fingerprint density at radius 1 is 1.13 bits per heavy atom. The van der Waals surface area contributed by atoms with E-state index in [9.17, 15) is 16.8 Å². The van der Waals surface area contributed by atoms with Crippen LogP contribution in [0.15, 0.2) is 12.0 Å². The van der Waals surface area contributed by atoms with Crippen LogP contribution in [0.25, 0.3) is 0 Å². The molecule has 7 heteroatoms. The summed E-state index contributed by atoms with van der Waals surface area (Å²) in [6, 6.07) is 0. The van der Waals surface area contributed by atoms with Crippen LogP contribution in [0.4, 0.5) is 0 Å². The van der Waals surface area contributed by atoms with E-state index in [1.165, 1.54) is 6.26 Å². The largest absolute Gasteiger partial charge is 0.229 e. The molecule has 0 saturated heterocycles. The monoisotopic (exact) mass is 370 g/mol. The van der Waals surface area contributed by atoms with Gasteiger partial charge >= 0.3 is 0 Å². The van der Waals surface area contributed by atoms with E-state index in [4.69, 9.17) is 0 Å². The van der Waals surface area contributed by atoms with E-state index in [0.29, 0.717) is 5.75 Å². The van der Waals surface area contributed by atoms with Gasteiger partial charge < -0.3 is 0 Å². The van der Waals surface area contributed by atoms with Crippen LogP contribution < -0.4 is 0 Å². The Kier molecular flexibility index (Phi) is 13.3. The average Bonchev–Trinajstić information content (AvgIpc) is 1.99. The second-order valence-electron chi connectivity index (χ2n) is 2.98. The number of sulfone groups is 2. The molecule has 0 fully saturated rings.